The van der Waals surface area contributed by atoms with E-state index >= 15 is 0 Å². The van der Waals surface area contributed by atoms with Gasteiger partial charge in [0.1, 0.15) is 0 Å². The molecule has 0 aliphatic carbocycles. The summed E-state index contributed by atoms with van der Waals surface area (Å²) in [6.45, 7) is 3.67. The Morgan fingerprint density at radius 3 is 2.00 bits per heavy atom. The van der Waals surface area contributed by atoms with E-state index in [1.807, 2.05) is 4.90 Å². The van der Waals surface area contributed by atoms with Gasteiger partial charge in [0.15, 0.2) is 0 Å². The zero-order chi connectivity index (χ0) is 10.8. The zero-order valence-corrected chi connectivity index (χ0v) is 19.3. The Hall–Kier alpha value is 2.23. The van der Waals surface area contributed by atoms with Crippen LogP contribution in [0.2, 0.25) is 0 Å². The molecule has 0 aliphatic heterocycles. The van der Waals surface area contributed by atoms with Gasteiger partial charge in [0.25, 0.3) is 0 Å². The van der Waals surface area contributed by atoms with Crippen LogP contribution in [-0.2, 0) is 9.53 Å². The second kappa shape index (κ2) is 17.2. The van der Waals surface area contributed by atoms with E-state index in [0.29, 0.717) is 32.7 Å². The molecule has 2 radical (unpaired) electrons. The minimum atomic E-state index is -0.242. The van der Waals surface area contributed by atoms with E-state index in [-0.39, 0.29) is 107 Å². The fourth-order valence-electron chi connectivity index (χ4n) is 1.10. The number of nitrogens with zero attached hydrogens (tertiary/aromatic N) is 1. The molecule has 90 valence electrons. The van der Waals surface area contributed by atoms with E-state index in [1.165, 1.54) is 0 Å². The Labute approximate surface area is 168 Å². The maximum absolute atomic E-state index is 11.0. The largest absolute Gasteiger partial charge is 0.466 e. The fourth-order valence-corrected chi connectivity index (χ4v) is 1.10. The minimum absolute atomic E-state index is 0. The second-order valence-corrected chi connectivity index (χ2v) is 2.84. The summed E-state index contributed by atoms with van der Waals surface area (Å²) in [7, 11) is 0. The van der Waals surface area contributed by atoms with Crippen molar-refractivity contribution in [1.82, 2.24) is 4.90 Å². The third kappa shape index (κ3) is 14.3. The van der Waals surface area contributed by atoms with Gasteiger partial charge in [0.05, 0.1) is 26.2 Å². The van der Waals surface area contributed by atoms with Crippen LogP contribution in [0.4, 0.5) is 0 Å². The summed E-state index contributed by atoms with van der Waals surface area (Å²) in [6, 6.07) is 0. The van der Waals surface area contributed by atoms with Crippen molar-refractivity contribution >= 4 is 5.97 Å². The van der Waals surface area contributed by atoms with Crippen LogP contribution in [0, 0.1) is 88.1 Å². The number of hydrogen-bond donors (Lipinski definition) is 2. The van der Waals surface area contributed by atoms with Gasteiger partial charge in [-0.05, 0) is 6.92 Å². The number of hydrogen-bond acceptors (Lipinski definition) is 5. The first kappa shape index (κ1) is 23.3. The standard InChI is InChI=1S/C9H19NO4.2Ac/c1-2-14-9(13)3-4-10(5-7-11)6-8-12;;/h11-12H,2-8H2,1H3;;. The molecule has 0 rings (SSSR count). The monoisotopic (exact) mass is 659 g/mol. The molecule has 0 heterocycles. The molecule has 0 fully saturated rings. The molecule has 16 heavy (non-hydrogen) atoms. The topological polar surface area (TPSA) is 70.0 Å². The van der Waals surface area contributed by atoms with E-state index in [4.69, 9.17) is 14.9 Å². The van der Waals surface area contributed by atoms with Crippen LogP contribution in [0.15, 0.2) is 0 Å². The fraction of sp³-hybridized carbons (Fsp3) is 0.889. The van der Waals surface area contributed by atoms with Crippen molar-refractivity contribution < 1.29 is 108 Å². The quantitative estimate of drug-likeness (QED) is 0.336. The van der Waals surface area contributed by atoms with Crippen molar-refractivity contribution in [2.75, 3.05) is 39.5 Å². The number of esters is 1. The number of carbonyl (C=O) groups excluding carboxylic acids is 1. The predicted octanol–water partition coefficient (Wildman–Crippen LogP) is -0.774. The summed E-state index contributed by atoms with van der Waals surface area (Å²) in [4.78, 5) is 12.8. The molecule has 0 saturated heterocycles. The molecule has 0 aromatic rings. The molecular formula is C9H19Ac2NO4. The molecule has 0 aromatic carbocycles. The van der Waals surface area contributed by atoms with Crippen molar-refractivity contribution in [3.8, 4) is 0 Å². The molecule has 0 unspecified atom stereocenters. The van der Waals surface area contributed by atoms with Gasteiger partial charge in [0, 0.05) is 108 Å². The summed E-state index contributed by atoms with van der Waals surface area (Å²) in [5.41, 5.74) is 0. The third-order valence-electron chi connectivity index (χ3n) is 1.77. The average molecular weight is 659 g/mol. The number of rotatable bonds is 8. The van der Waals surface area contributed by atoms with Crippen LogP contribution >= 0.6 is 0 Å². The van der Waals surface area contributed by atoms with Crippen LogP contribution in [0.3, 0.4) is 0 Å². The Morgan fingerprint density at radius 2 is 1.62 bits per heavy atom. The van der Waals surface area contributed by atoms with E-state index in [1.54, 1.807) is 6.92 Å². The van der Waals surface area contributed by atoms with Crippen molar-refractivity contribution in [2.45, 2.75) is 13.3 Å². The molecule has 5 nitrogen and oxygen atoms in total. The molecule has 2 N–H and O–H groups in total. The van der Waals surface area contributed by atoms with Crippen molar-refractivity contribution in [3.05, 3.63) is 0 Å². The first-order chi connectivity index (χ1) is 6.74. The van der Waals surface area contributed by atoms with Crippen LogP contribution in [-0.4, -0.2) is 60.5 Å². The molecular weight excluding hydrogens is 640 g/mol. The van der Waals surface area contributed by atoms with Crippen LogP contribution in [0.1, 0.15) is 13.3 Å². The van der Waals surface area contributed by atoms with Crippen LogP contribution in [0.25, 0.3) is 0 Å². The Balaban J connectivity index is -0.000000845. The van der Waals surface area contributed by atoms with Gasteiger partial charge in [-0.3, -0.25) is 9.69 Å². The molecule has 0 aromatic heterocycles. The summed E-state index contributed by atoms with van der Waals surface area (Å²) in [6.07, 6.45) is 0.299. The molecule has 0 atom stereocenters. The minimum Gasteiger partial charge on any atom is -0.466 e. The number of ether oxygens (including phenoxy) is 1. The van der Waals surface area contributed by atoms with Gasteiger partial charge in [0.2, 0.25) is 0 Å². The predicted molar refractivity (Wildman–Crippen MR) is 51.9 cm³/mol. The summed E-state index contributed by atoms with van der Waals surface area (Å²) in [5.74, 6) is -0.242. The summed E-state index contributed by atoms with van der Waals surface area (Å²) < 4.78 is 4.76. The van der Waals surface area contributed by atoms with Gasteiger partial charge >= 0.3 is 5.97 Å². The number of aliphatic hydroxyl groups excluding tert-OH is 2. The second-order valence-electron chi connectivity index (χ2n) is 2.84. The van der Waals surface area contributed by atoms with Crippen LogP contribution in [0.5, 0.6) is 0 Å². The average Bonchev–Trinajstić information content (AvgIpc) is 2.15. The smallest absolute Gasteiger partial charge is 0.307 e. The van der Waals surface area contributed by atoms with Gasteiger partial charge in [-0.2, -0.15) is 0 Å². The van der Waals surface area contributed by atoms with E-state index in [2.05, 4.69) is 0 Å². The van der Waals surface area contributed by atoms with E-state index in [9.17, 15) is 4.79 Å². The molecule has 0 saturated carbocycles. The normalized spacial score (nSPS) is 9.25. The van der Waals surface area contributed by atoms with Gasteiger partial charge in [-0.15, -0.1) is 0 Å². The van der Waals surface area contributed by atoms with Crippen LogP contribution < -0.4 is 0 Å². The summed E-state index contributed by atoms with van der Waals surface area (Å²) in [5, 5.41) is 17.4. The molecule has 0 aliphatic rings. The first-order valence-corrected chi connectivity index (χ1v) is 4.84. The van der Waals surface area contributed by atoms with Gasteiger partial charge in [-0.25, -0.2) is 0 Å². The van der Waals surface area contributed by atoms with E-state index < -0.39 is 0 Å². The van der Waals surface area contributed by atoms with Crippen molar-refractivity contribution in [3.63, 3.8) is 0 Å². The zero-order valence-electron chi connectivity index (χ0n) is 9.76. The maximum atomic E-state index is 11.0. The molecule has 7 heteroatoms. The van der Waals surface area contributed by atoms with Gasteiger partial charge < -0.3 is 14.9 Å². The SMILES string of the molecule is CCOC(=O)CCN(CCO)CCO.[Ac].[Ac]. The Morgan fingerprint density at radius 1 is 1.12 bits per heavy atom. The third-order valence-corrected chi connectivity index (χ3v) is 1.77. The molecule has 0 spiro atoms. The number of aliphatic hydroxyl groups is 2. The Bertz CT molecular complexity index is 154. The van der Waals surface area contributed by atoms with Gasteiger partial charge in [-0.1, -0.05) is 0 Å². The number of carbonyl (C=O) groups is 1. The van der Waals surface area contributed by atoms with E-state index in [0.717, 1.165) is 0 Å². The Kier molecular flexibility index (Phi) is 25.1. The first-order valence-electron chi connectivity index (χ1n) is 4.84. The van der Waals surface area contributed by atoms with Crippen molar-refractivity contribution in [2.24, 2.45) is 0 Å². The summed E-state index contributed by atoms with van der Waals surface area (Å²) >= 11 is 0. The molecule has 0 amide bonds. The maximum Gasteiger partial charge on any atom is 0.307 e. The van der Waals surface area contributed by atoms with Crippen molar-refractivity contribution in [1.29, 1.82) is 0 Å². The molecule has 0 bridgehead atoms.